The molecule has 0 fully saturated rings. The van der Waals surface area contributed by atoms with Crippen molar-refractivity contribution in [2.75, 3.05) is 32.6 Å². The third kappa shape index (κ3) is 6.23. The molecule has 1 N–H and O–H groups in total. The van der Waals surface area contributed by atoms with Crippen LogP contribution in [0.4, 0.5) is 11.4 Å². The molecule has 11 nitrogen and oxygen atoms in total. The average Bonchev–Trinajstić information content (AvgIpc) is 2.72. The molecule has 0 spiro atoms. The molecule has 0 atom stereocenters. The fourth-order valence-electron chi connectivity index (χ4n) is 2.43. The molecule has 0 saturated heterocycles. The Morgan fingerprint density at radius 2 is 1.81 bits per heavy atom. The van der Waals surface area contributed by atoms with Crippen LogP contribution in [0.25, 0.3) is 0 Å². The molecule has 0 unspecified atom stereocenters. The summed E-state index contributed by atoms with van der Waals surface area (Å²) in [6, 6.07) is 9.91. The number of aryl methyl sites for hydroxylation is 1. The first-order valence-corrected chi connectivity index (χ1v) is 10.3. The Morgan fingerprint density at radius 1 is 1.16 bits per heavy atom. The van der Waals surface area contributed by atoms with Crippen molar-refractivity contribution in [3.63, 3.8) is 0 Å². The van der Waals surface area contributed by atoms with Gasteiger partial charge in [0.05, 0.1) is 23.0 Å². The first-order chi connectivity index (χ1) is 14.5. The molecule has 0 radical (unpaired) electrons. The number of benzene rings is 2. The van der Waals surface area contributed by atoms with E-state index in [1.807, 2.05) is 6.92 Å². The van der Waals surface area contributed by atoms with Gasteiger partial charge in [0.1, 0.15) is 18.0 Å². The molecule has 0 saturated carbocycles. The van der Waals surface area contributed by atoms with E-state index in [0.717, 1.165) is 15.9 Å². The quantitative estimate of drug-likeness (QED) is 0.345. The van der Waals surface area contributed by atoms with E-state index in [4.69, 9.17) is 9.47 Å². The zero-order valence-electron chi connectivity index (χ0n) is 17.0. The summed E-state index contributed by atoms with van der Waals surface area (Å²) in [5.41, 5.74) is 0.373. The number of nitrogens with one attached hydrogen (secondary N) is 1. The van der Waals surface area contributed by atoms with Crippen LogP contribution in [-0.2, 0) is 24.3 Å². The van der Waals surface area contributed by atoms with E-state index in [2.05, 4.69) is 5.32 Å². The first kappa shape index (κ1) is 23.8. The lowest BCUT2D eigenvalue weighted by atomic mass is 10.2. The maximum atomic E-state index is 12.5. The zero-order valence-corrected chi connectivity index (χ0v) is 17.8. The van der Waals surface area contributed by atoms with Crippen LogP contribution in [0.15, 0.2) is 47.4 Å². The smallest absolute Gasteiger partial charge is 0.321 e. The van der Waals surface area contributed by atoms with Crippen LogP contribution in [-0.4, -0.2) is 56.8 Å². The van der Waals surface area contributed by atoms with Gasteiger partial charge in [-0.1, -0.05) is 17.7 Å². The van der Waals surface area contributed by atoms with E-state index in [1.54, 1.807) is 12.1 Å². The van der Waals surface area contributed by atoms with Gasteiger partial charge < -0.3 is 14.8 Å². The van der Waals surface area contributed by atoms with Crippen molar-refractivity contribution in [3.05, 3.63) is 58.1 Å². The summed E-state index contributed by atoms with van der Waals surface area (Å²) in [6.45, 7) is 0.440. The van der Waals surface area contributed by atoms with Gasteiger partial charge in [-0.2, -0.15) is 4.31 Å². The van der Waals surface area contributed by atoms with Crippen molar-refractivity contribution in [1.82, 2.24) is 4.31 Å². The number of nitro groups is 1. The summed E-state index contributed by atoms with van der Waals surface area (Å²) in [7, 11) is -1.37. The summed E-state index contributed by atoms with van der Waals surface area (Å²) in [5.74, 6) is -1.56. The fraction of sp³-hybridized carbons (Fsp3) is 0.263. The van der Waals surface area contributed by atoms with Crippen molar-refractivity contribution >= 4 is 33.3 Å². The van der Waals surface area contributed by atoms with Crippen LogP contribution in [0.1, 0.15) is 5.56 Å². The van der Waals surface area contributed by atoms with Crippen molar-refractivity contribution < 1.29 is 32.4 Å². The summed E-state index contributed by atoms with van der Waals surface area (Å²) in [4.78, 5) is 34.4. The number of esters is 1. The second-order valence-corrected chi connectivity index (χ2v) is 8.47. The predicted molar refractivity (Wildman–Crippen MR) is 110 cm³/mol. The average molecular weight is 451 g/mol. The number of sulfonamides is 1. The van der Waals surface area contributed by atoms with Crippen molar-refractivity contribution in [2.24, 2.45) is 0 Å². The van der Waals surface area contributed by atoms with Gasteiger partial charge in [-0.3, -0.25) is 19.7 Å². The summed E-state index contributed by atoms with van der Waals surface area (Å²) in [6.07, 6.45) is 0. The van der Waals surface area contributed by atoms with Crippen molar-refractivity contribution in [2.45, 2.75) is 11.8 Å². The lowest BCUT2D eigenvalue weighted by Gasteiger charge is -2.16. The number of anilines is 1. The van der Waals surface area contributed by atoms with Crippen LogP contribution in [0.2, 0.25) is 0 Å². The van der Waals surface area contributed by atoms with Crippen molar-refractivity contribution in [3.8, 4) is 5.75 Å². The molecule has 0 aliphatic heterocycles. The first-order valence-electron chi connectivity index (χ1n) is 8.85. The second kappa shape index (κ2) is 10.00. The number of nitro benzene ring substituents is 1. The molecule has 2 aromatic carbocycles. The Kier molecular flexibility index (Phi) is 7.67. The molecule has 31 heavy (non-hydrogen) atoms. The van der Waals surface area contributed by atoms with Gasteiger partial charge in [-0.25, -0.2) is 8.42 Å². The number of carbonyl (C=O) groups is 2. The molecule has 1 amide bonds. The number of carbonyl (C=O) groups excluding carboxylic acids is 2. The van der Waals surface area contributed by atoms with E-state index in [1.165, 1.54) is 38.4 Å². The van der Waals surface area contributed by atoms with E-state index in [-0.39, 0.29) is 16.3 Å². The van der Waals surface area contributed by atoms with Crippen LogP contribution >= 0.6 is 0 Å². The largest absolute Gasteiger partial charge is 0.496 e. The maximum absolute atomic E-state index is 12.5. The third-order valence-electron chi connectivity index (χ3n) is 4.12. The second-order valence-electron chi connectivity index (χ2n) is 6.42. The van der Waals surface area contributed by atoms with Crippen LogP contribution in [0, 0.1) is 17.0 Å². The summed E-state index contributed by atoms with van der Waals surface area (Å²) >= 11 is 0. The molecule has 0 heterocycles. The Hall–Kier alpha value is -3.51. The number of ether oxygens (including phenoxy) is 2. The molecule has 0 aliphatic rings. The topological polar surface area (TPSA) is 145 Å². The van der Waals surface area contributed by atoms with E-state index in [9.17, 15) is 28.1 Å². The Morgan fingerprint density at radius 3 is 2.39 bits per heavy atom. The number of rotatable bonds is 9. The van der Waals surface area contributed by atoms with Gasteiger partial charge in [-0.05, 0) is 31.2 Å². The maximum Gasteiger partial charge on any atom is 0.321 e. The minimum atomic E-state index is -3.91. The van der Waals surface area contributed by atoms with Crippen molar-refractivity contribution in [1.29, 1.82) is 0 Å². The predicted octanol–water partition coefficient (Wildman–Crippen LogP) is 1.71. The van der Waals surface area contributed by atoms with E-state index in [0.29, 0.717) is 0 Å². The molecular formula is C19H21N3O8S. The number of hydrogen-bond donors (Lipinski definition) is 1. The monoisotopic (exact) mass is 451 g/mol. The number of methoxy groups -OCH3 is 1. The van der Waals surface area contributed by atoms with E-state index >= 15 is 0 Å². The highest BCUT2D eigenvalue weighted by Crippen LogP contribution is 2.28. The molecule has 2 rings (SSSR count). The fourth-order valence-corrected chi connectivity index (χ4v) is 3.55. The molecule has 0 aliphatic carbocycles. The Bertz CT molecular complexity index is 1080. The minimum Gasteiger partial charge on any atom is -0.496 e. The third-order valence-corrected chi connectivity index (χ3v) is 5.94. The van der Waals surface area contributed by atoms with Gasteiger partial charge >= 0.3 is 5.97 Å². The number of likely N-dealkylation sites (N-methyl/N-ethyl adjacent to an activating group) is 1. The van der Waals surface area contributed by atoms with Gasteiger partial charge in [0, 0.05) is 7.05 Å². The lowest BCUT2D eigenvalue weighted by Crippen LogP contribution is -2.34. The van der Waals surface area contributed by atoms with Gasteiger partial charge in [0.15, 0.2) is 6.61 Å². The zero-order chi connectivity index (χ0) is 23.2. The minimum absolute atomic E-state index is 0.0120. The highest BCUT2D eigenvalue weighted by atomic mass is 32.2. The van der Waals surface area contributed by atoms with Gasteiger partial charge in [0.25, 0.3) is 11.6 Å². The highest BCUT2D eigenvalue weighted by molar-refractivity contribution is 7.89. The highest BCUT2D eigenvalue weighted by Gasteiger charge is 2.24. The number of hydrogen-bond acceptors (Lipinski definition) is 8. The molecule has 0 aromatic heterocycles. The molecule has 2 aromatic rings. The number of nitrogens with zero attached hydrogens (tertiary/aromatic N) is 2. The van der Waals surface area contributed by atoms with Crippen LogP contribution in [0.3, 0.4) is 0 Å². The van der Waals surface area contributed by atoms with Gasteiger partial charge in [0.2, 0.25) is 10.0 Å². The SMILES string of the molecule is COc1ccc(NC(=O)COC(=O)CN(C)S(=O)(=O)c2ccc(C)cc2)c([N+](=O)[O-])c1. The normalized spacial score (nSPS) is 11.1. The molecule has 166 valence electrons. The standard InChI is InChI=1S/C19H21N3O8S/c1-13-4-7-15(8-5-13)31(27,28)21(2)11-19(24)30-12-18(23)20-16-9-6-14(29-3)10-17(16)22(25)26/h4-10H,11-12H2,1-3H3,(H,20,23). The van der Waals surface area contributed by atoms with Gasteiger partial charge in [-0.15, -0.1) is 0 Å². The molecule has 0 bridgehead atoms. The number of amides is 1. The van der Waals surface area contributed by atoms with Crippen LogP contribution in [0.5, 0.6) is 5.75 Å². The van der Waals surface area contributed by atoms with E-state index < -0.39 is 45.7 Å². The van der Waals surface area contributed by atoms with Crippen LogP contribution < -0.4 is 10.1 Å². The summed E-state index contributed by atoms with van der Waals surface area (Å²) in [5, 5.41) is 13.4. The molecular weight excluding hydrogens is 430 g/mol. The Balaban J connectivity index is 1.94. The Labute approximate surface area is 178 Å². The summed E-state index contributed by atoms with van der Waals surface area (Å²) < 4.78 is 35.4. The molecule has 12 heteroatoms. The lowest BCUT2D eigenvalue weighted by molar-refractivity contribution is -0.384.